The molecule has 1 N–H and O–H groups in total. The van der Waals surface area contributed by atoms with Crippen molar-refractivity contribution in [1.82, 2.24) is 9.88 Å². The smallest absolute Gasteiger partial charge is 0.322 e. The van der Waals surface area contributed by atoms with Gasteiger partial charge in [0.1, 0.15) is 5.75 Å². The van der Waals surface area contributed by atoms with Gasteiger partial charge in [-0.05, 0) is 38.0 Å². The summed E-state index contributed by atoms with van der Waals surface area (Å²) in [5, 5.41) is 2.89. The van der Waals surface area contributed by atoms with Gasteiger partial charge in [0.05, 0.1) is 24.5 Å². The molecule has 1 aliphatic rings. The van der Waals surface area contributed by atoms with Crippen LogP contribution >= 0.6 is 0 Å². The molecule has 0 bridgehead atoms. The average Bonchev–Trinajstić information content (AvgIpc) is 3.11. The fourth-order valence-electron chi connectivity index (χ4n) is 2.85. The number of pyridine rings is 1. The van der Waals surface area contributed by atoms with E-state index < -0.39 is 0 Å². The van der Waals surface area contributed by atoms with Crippen LogP contribution in [0.25, 0.3) is 0 Å². The summed E-state index contributed by atoms with van der Waals surface area (Å²) in [6.45, 7) is 3.97. The highest BCUT2D eigenvalue weighted by Gasteiger charge is 2.28. The van der Waals surface area contributed by atoms with Gasteiger partial charge in [-0.3, -0.25) is 0 Å². The highest BCUT2D eigenvalue weighted by molar-refractivity contribution is 5.89. The monoisotopic (exact) mass is 341 g/mol. The number of hydrogen-bond donors (Lipinski definition) is 1. The van der Waals surface area contributed by atoms with Crippen LogP contribution in [0.15, 0.2) is 48.7 Å². The summed E-state index contributed by atoms with van der Waals surface area (Å²) in [6, 6.07) is 13.0. The molecule has 0 saturated carbocycles. The Morgan fingerprint density at radius 2 is 2.12 bits per heavy atom. The highest BCUT2D eigenvalue weighted by Crippen LogP contribution is 2.22. The van der Waals surface area contributed by atoms with Gasteiger partial charge in [-0.25, -0.2) is 9.78 Å². The first-order valence-corrected chi connectivity index (χ1v) is 8.60. The van der Waals surface area contributed by atoms with Crippen molar-refractivity contribution in [2.75, 3.05) is 25.1 Å². The van der Waals surface area contributed by atoms with Crippen LogP contribution in [0.4, 0.5) is 10.5 Å². The van der Waals surface area contributed by atoms with Crippen LogP contribution in [-0.2, 0) is 4.74 Å². The molecular formula is C19H23N3O3. The number of ether oxygens (including phenoxy) is 2. The fourth-order valence-corrected chi connectivity index (χ4v) is 2.85. The number of benzene rings is 1. The number of hydrogen-bond acceptors (Lipinski definition) is 4. The van der Waals surface area contributed by atoms with E-state index in [1.165, 1.54) is 0 Å². The van der Waals surface area contributed by atoms with Crippen LogP contribution < -0.4 is 10.1 Å². The maximum Gasteiger partial charge on any atom is 0.322 e. The number of nitrogens with zero attached hydrogens (tertiary/aromatic N) is 2. The normalized spacial score (nSPS) is 16.7. The Bertz CT molecular complexity index is 676. The summed E-state index contributed by atoms with van der Waals surface area (Å²) in [7, 11) is 0. The minimum atomic E-state index is -0.110. The van der Waals surface area contributed by atoms with Crippen molar-refractivity contribution in [3.8, 4) is 11.6 Å². The van der Waals surface area contributed by atoms with Crippen LogP contribution in [-0.4, -0.2) is 41.7 Å². The van der Waals surface area contributed by atoms with Crippen molar-refractivity contribution >= 4 is 11.7 Å². The lowest BCUT2D eigenvalue weighted by atomic mass is 10.2. The summed E-state index contributed by atoms with van der Waals surface area (Å²) < 4.78 is 11.1. The minimum Gasteiger partial charge on any atom is -0.439 e. The van der Waals surface area contributed by atoms with Crippen molar-refractivity contribution < 1.29 is 14.3 Å². The van der Waals surface area contributed by atoms with E-state index in [1.54, 1.807) is 18.3 Å². The van der Waals surface area contributed by atoms with E-state index in [0.29, 0.717) is 24.8 Å². The lowest BCUT2D eigenvalue weighted by Crippen LogP contribution is -2.41. The van der Waals surface area contributed by atoms with E-state index in [4.69, 9.17) is 9.47 Å². The Hall–Kier alpha value is -2.60. The Balaban J connectivity index is 1.56. The largest absolute Gasteiger partial charge is 0.439 e. The Labute approximate surface area is 147 Å². The molecule has 1 aromatic heterocycles. The molecule has 132 valence electrons. The number of para-hydroxylation sites is 1. The molecule has 2 amide bonds. The van der Waals surface area contributed by atoms with Gasteiger partial charge < -0.3 is 19.7 Å². The van der Waals surface area contributed by atoms with E-state index in [-0.39, 0.29) is 12.1 Å². The molecule has 0 aliphatic carbocycles. The number of amides is 2. The average molecular weight is 341 g/mol. The molecule has 1 aliphatic heterocycles. The number of aromatic nitrogens is 1. The molecular weight excluding hydrogens is 318 g/mol. The lowest BCUT2D eigenvalue weighted by Gasteiger charge is -2.24. The molecule has 1 aromatic carbocycles. The molecule has 0 spiro atoms. The Morgan fingerprint density at radius 3 is 2.84 bits per heavy atom. The van der Waals surface area contributed by atoms with Crippen molar-refractivity contribution in [1.29, 1.82) is 0 Å². The van der Waals surface area contributed by atoms with E-state index in [9.17, 15) is 4.79 Å². The highest BCUT2D eigenvalue weighted by atomic mass is 16.5. The first-order chi connectivity index (χ1) is 12.3. The van der Waals surface area contributed by atoms with Crippen LogP contribution in [0.3, 0.4) is 0 Å². The van der Waals surface area contributed by atoms with E-state index >= 15 is 0 Å². The summed E-state index contributed by atoms with van der Waals surface area (Å²) in [5.74, 6) is 1.21. The number of carbonyl (C=O) groups excluding carboxylic acids is 1. The number of anilines is 1. The molecule has 1 atom stereocenters. The second kappa shape index (κ2) is 8.48. The third-order valence-electron chi connectivity index (χ3n) is 4.11. The third-order valence-corrected chi connectivity index (χ3v) is 4.11. The Kier molecular flexibility index (Phi) is 5.85. The van der Waals surface area contributed by atoms with E-state index in [0.717, 1.165) is 25.1 Å². The molecule has 6 heteroatoms. The number of likely N-dealkylation sites (tertiary alicyclic amines) is 1. The summed E-state index contributed by atoms with van der Waals surface area (Å²) in [6.07, 6.45) is 3.59. The molecule has 6 nitrogen and oxygen atoms in total. The molecule has 25 heavy (non-hydrogen) atoms. The zero-order valence-corrected chi connectivity index (χ0v) is 14.4. The van der Waals surface area contributed by atoms with Gasteiger partial charge in [-0.2, -0.15) is 0 Å². The molecule has 2 heterocycles. The number of rotatable bonds is 6. The first-order valence-electron chi connectivity index (χ1n) is 8.60. The van der Waals surface area contributed by atoms with Gasteiger partial charge in [0.15, 0.2) is 0 Å². The number of urea groups is 1. The second-order valence-corrected chi connectivity index (χ2v) is 5.88. The minimum absolute atomic E-state index is 0.110. The quantitative estimate of drug-likeness (QED) is 0.865. The van der Waals surface area contributed by atoms with Crippen molar-refractivity contribution in [3.05, 3.63) is 48.7 Å². The molecule has 1 saturated heterocycles. The van der Waals surface area contributed by atoms with Gasteiger partial charge in [-0.15, -0.1) is 0 Å². The third kappa shape index (κ3) is 4.70. The standard InChI is InChI=1S/C19H23N3O3/c1-2-24-14-16-7-6-12-22(16)19(23)21-15-10-11-18(20-13-15)25-17-8-4-3-5-9-17/h3-5,8-11,13,16H,2,6-7,12,14H2,1H3,(H,21,23)/t16-/m1/s1. The predicted molar refractivity (Wildman–Crippen MR) is 96.0 cm³/mol. The summed E-state index contributed by atoms with van der Waals surface area (Å²) in [4.78, 5) is 18.5. The van der Waals surface area contributed by atoms with Gasteiger partial charge in [0.2, 0.25) is 5.88 Å². The number of carbonyl (C=O) groups is 1. The topological polar surface area (TPSA) is 63.7 Å². The zero-order chi connectivity index (χ0) is 17.5. The van der Waals surface area contributed by atoms with Crippen LogP contribution in [0.2, 0.25) is 0 Å². The molecule has 3 rings (SSSR count). The van der Waals surface area contributed by atoms with Gasteiger partial charge in [0, 0.05) is 19.2 Å². The van der Waals surface area contributed by atoms with Gasteiger partial charge >= 0.3 is 6.03 Å². The molecule has 2 aromatic rings. The first kappa shape index (κ1) is 17.2. The molecule has 1 fully saturated rings. The molecule has 0 unspecified atom stereocenters. The maximum atomic E-state index is 12.5. The SMILES string of the molecule is CCOC[C@H]1CCCN1C(=O)Nc1ccc(Oc2ccccc2)nc1. The van der Waals surface area contributed by atoms with Crippen molar-refractivity contribution in [3.63, 3.8) is 0 Å². The predicted octanol–water partition coefficient (Wildman–Crippen LogP) is 3.91. The summed E-state index contributed by atoms with van der Waals surface area (Å²) in [5.41, 5.74) is 0.646. The van der Waals surface area contributed by atoms with Crippen LogP contribution in [0.1, 0.15) is 19.8 Å². The van der Waals surface area contributed by atoms with Crippen LogP contribution in [0, 0.1) is 0 Å². The zero-order valence-electron chi connectivity index (χ0n) is 14.4. The Morgan fingerprint density at radius 1 is 1.28 bits per heavy atom. The summed E-state index contributed by atoms with van der Waals surface area (Å²) >= 11 is 0. The maximum absolute atomic E-state index is 12.5. The van der Waals surface area contributed by atoms with Crippen LogP contribution in [0.5, 0.6) is 11.6 Å². The van der Waals surface area contributed by atoms with Gasteiger partial charge in [-0.1, -0.05) is 18.2 Å². The second-order valence-electron chi connectivity index (χ2n) is 5.88. The number of nitrogens with one attached hydrogen (secondary N) is 1. The fraction of sp³-hybridized carbons (Fsp3) is 0.368. The van der Waals surface area contributed by atoms with E-state index in [1.807, 2.05) is 42.2 Å². The lowest BCUT2D eigenvalue weighted by molar-refractivity contribution is 0.0970. The van der Waals surface area contributed by atoms with Gasteiger partial charge in [0.25, 0.3) is 0 Å². The van der Waals surface area contributed by atoms with Crippen molar-refractivity contribution in [2.24, 2.45) is 0 Å². The molecule has 0 radical (unpaired) electrons. The van der Waals surface area contributed by atoms with Crippen molar-refractivity contribution in [2.45, 2.75) is 25.8 Å². The van der Waals surface area contributed by atoms with E-state index in [2.05, 4.69) is 10.3 Å².